The molecule has 2 aromatic carbocycles. The Balaban J connectivity index is 1.53. The van der Waals surface area contributed by atoms with E-state index in [-0.39, 0.29) is 11.9 Å². The van der Waals surface area contributed by atoms with Crippen molar-refractivity contribution in [1.82, 2.24) is 30.1 Å². The van der Waals surface area contributed by atoms with Crippen LogP contribution in [0, 0.1) is 0 Å². The summed E-state index contributed by atoms with van der Waals surface area (Å²) in [6, 6.07) is 13.5. The molecule has 1 aliphatic heterocycles. The molecule has 1 N–H and O–H groups in total. The third-order valence-electron chi connectivity index (χ3n) is 5.32. The Morgan fingerprint density at radius 1 is 1.14 bits per heavy atom. The largest absolute Gasteiger partial charge is 0.327 e. The lowest BCUT2D eigenvalue weighted by Crippen LogP contribution is -2.29. The number of aromatic nitrogens is 5. The lowest BCUT2D eigenvalue weighted by atomic mass is 10.0. The number of rotatable bonds is 4. The average Bonchev–Trinajstić information content (AvgIpc) is 3.37. The third kappa shape index (κ3) is 2.66. The summed E-state index contributed by atoms with van der Waals surface area (Å²) in [6.07, 6.45) is 2.24. The van der Waals surface area contributed by atoms with Crippen LogP contribution in [0.2, 0.25) is 5.02 Å². The molecule has 0 aliphatic carbocycles. The number of aromatic amines is 1. The quantitative estimate of drug-likeness (QED) is 0.578. The Morgan fingerprint density at radius 2 is 1.96 bits per heavy atom. The van der Waals surface area contributed by atoms with Crippen molar-refractivity contribution in [3.05, 3.63) is 76.1 Å². The van der Waals surface area contributed by atoms with E-state index in [1.54, 1.807) is 10.9 Å². The summed E-state index contributed by atoms with van der Waals surface area (Å²) in [5.41, 5.74) is 5.27. The van der Waals surface area contributed by atoms with Gasteiger partial charge in [-0.25, -0.2) is 0 Å². The Bertz CT molecular complexity index is 1180. The fraction of sp³-hybridized carbons (Fsp3) is 0.200. The van der Waals surface area contributed by atoms with E-state index < -0.39 is 0 Å². The predicted molar refractivity (Wildman–Crippen MR) is 105 cm³/mol. The van der Waals surface area contributed by atoms with E-state index in [0.29, 0.717) is 18.0 Å². The molecule has 0 saturated carbocycles. The number of benzene rings is 2. The summed E-state index contributed by atoms with van der Waals surface area (Å²) in [7, 11) is 1.87. The summed E-state index contributed by atoms with van der Waals surface area (Å²) >= 11 is 6.34. The SMILES string of the molecule is Cn1ncc(Cl)c1C[C@@H]1c2ccccc2C(=O)N1Cc1ccc2n[nH]nc2c1. The van der Waals surface area contributed by atoms with Gasteiger partial charge in [0, 0.05) is 25.6 Å². The second-order valence-electron chi connectivity index (χ2n) is 6.95. The summed E-state index contributed by atoms with van der Waals surface area (Å²) in [5.74, 6) is 0.0270. The van der Waals surface area contributed by atoms with E-state index >= 15 is 0 Å². The first kappa shape index (κ1) is 16.9. The van der Waals surface area contributed by atoms with Crippen molar-refractivity contribution in [2.75, 3.05) is 0 Å². The third-order valence-corrected chi connectivity index (χ3v) is 5.63. The molecule has 7 nitrogen and oxygen atoms in total. The molecule has 0 fully saturated rings. The first-order valence-corrected chi connectivity index (χ1v) is 9.35. The number of aryl methyl sites for hydroxylation is 1. The highest BCUT2D eigenvalue weighted by Crippen LogP contribution is 2.38. The molecule has 5 rings (SSSR count). The van der Waals surface area contributed by atoms with Gasteiger partial charge in [-0.2, -0.15) is 20.5 Å². The van der Waals surface area contributed by atoms with Crippen molar-refractivity contribution in [3.8, 4) is 0 Å². The number of fused-ring (bicyclic) bond motifs is 2. The lowest BCUT2D eigenvalue weighted by molar-refractivity contribution is 0.0708. The van der Waals surface area contributed by atoms with Crippen molar-refractivity contribution in [2.45, 2.75) is 19.0 Å². The monoisotopic (exact) mass is 392 g/mol. The summed E-state index contributed by atoms with van der Waals surface area (Å²) in [5, 5.41) is 15.7. The minimum absolute atomic E-state index is 0.0270. The summed E-state index contributed by atoms with van der Waals surface area (Å²) in [4.78, 5) is 15.1. The maximum absolute atomic E-state index is 13.2. The molecule has 0 radical (unpaired) electrons. The van der Waals surface area contributed by atoms with E-state index in [4.69, 9.17) is 11.6 Å². The van der Waals surface area contributed by atoms with Gasteiger partial charge in [-0.3, -0.25) is 9.48 Å². The predicted octanol–water partition coefficient (Wildman–Crippen LogP) is 3.28. The van der Waals surface area contributed by atoms with Gasteiger partial charge < -0.3 is 4.90 Å². The highest BCUT2D eigenvalue weighted by molar-refractivity contribution is 6.31. The minimum Gasteiger partial charge on any atom is -0.327 e. The normalized spacial score (nSPS) is 16.1. The number of hydrogen-bond acceptors (Lipinski definition) is 4. The standard InChI is InChI=1S/C20H17ClN6O/c1-26-19(15(21)10-22-26)9-18-13-4-2-3-5-14(13)20(28)27(18)11-12-6-7-16-17(8-12)24-25-23-16/h2-8,10,18H,9,11H2,1H3,(H,23,24,25)/t18-/m1/s1. The van der Waals surface area contributed by atoms with Crippen LogP contribution >= 0.6 is 11.6 Å². The molecular formula is C20H17ClN6O. The first-order valence-electron chi connectivity index (χ1n) is 8.97. The Labute approximate surface area is 165 Å². The van der Waals surface area contributed by atoms with Crippen molar-refractivity contribution in [3.63, 3.8) is 0 Å². The maximum Gasteiger partial charge on any atom is 0.255 e. The molecule has 0 saturated heterocycles. The zero-order chi connectivity index (χ0) is 19.3. The Morgan fingerprint density at radius 3 is 2.79 bits per heavy atom. The van der Waals surface area contributed by atoms with Crippen LogP contribution in [0.25, 0.3) is 11.0 Å². The van der Waals surface area contributed by atoms with Crippen molar-refractivity contribution in [1.29, 1.82) is 0 Å². The number of carbonyl (C=O) groups excluding carboxylic acids is 1. The van der Waals surface area contributed by atoms with Gasteiger partial charge in [-0.15, -0.1) is 0 Å². The Hall–Kier alpha value is -3.19. The molecule has 4 aromatic rings. The molecule has 2 aromatic heterocycles. The van der Waals surface area contributed by atoms with E-state index in [2.05, 4.69) is 20.5 Å². The van der Waals surface area contributed by atoms with Crippen molar-refractivity contribution >= 4 is 28.5 Å². The van der Waals surface area contributed by atoms with Crippen LogP contribution in [0.15, 0.2) is 48.7 Å². The number of carbonyl (C=O) groups is 1. The molecule has 1 atom stereocenters. The number of H-pyrrole nitrogens is 1. The van der Waals surface area contributed by atoms with E-state index in [1.165, 1.54) is 0 Å². The number of halogens is 1. The smallest absolute Gasteiger partial charge is 0.255 e. The fourth-order valence-electron chi connectivity index (χ4n) is 3.88. The van der Waals surface area contributed by atoms with Gasteiger partial charge in [0.15, 0.2) is 0 Å². The van der Waals surface area contributed by atoms with Gasteiger partial charge in [0.05, 0.1) is 23.0 Å². The van der Waals surface area contributed by atoms with Crippen LogP contribution in [-0.2, 0) is 20.0 Å². The zero-order valence-corrected chi connectivity index (χ0v) is 15.9. The van der Waals surface area contributed by atoms with Crippen molar-refractivity contribution < 1.29 is 4.79 Å². The minimum atomic E-state index is -0.107. The number of hydrogen-bond donors (Lipinski definition) is 1. The topological polar surface area (TPSA) is 79.7 Å². The molecular weight excluding hydrogens is 376 g/mol. The van der Waals surface area contributed by atoms with Gasteiger partial charge in [0.2, 0.25) is 0 Å². The molecule has 0 unspecified atom stereocenters. The van der Waals surface area contributed by atoms with Gasteiger partial charge in [-0.05, 0) is 29.3 Å². The maximum atomic E-state index is 13.2. The molecule has 28 heavy (non-hydrogen) atoms. The highest BCUT2D eigenvalue weighted by Gasteiger charge is 2.37. The molecule has 140 valence electrons. The molecule has 8 heteroatoms. The molecule has 3 heterocycles. The highest BCUT2D eigenvalue weighted by atomic mass is 35.5. The number of amides is 1. The fourth-order valence-corrected chi connectivity index (χ4v) is 4.12. The summed E-state index contributed by atoms with van der Waals surface area (Å²) < 4.78 is 1.77. The van der Waals surface area contributed by atoms with Crippen molar-refractivity contribution in [2.24, 2.45) is 7.05 Å². The number of nitrogens with zero attached hydrogens (tertiary/aromatic N) is 5. The second kappa shape index (κ2) is 6.45. The Kier molecular flexibility index (Phi) is 3.91. The van der Waals surface area contributed by atoms with Crippen LogP contribution < -0.4 is 0 Å². The lowest BCUT2D eigenvalue weighted by Gasteiger charge is -2.26. The van der Waals surface area contributed by atoms with E-state index in [1.807, 2.05) is 54.4 Å². The van der Waals surface area contributed by atoms with E-state index in [0.717, 1.165) is 33.4 Å². The molecule has 1 amide bonds. The second-order valence-corrected chi connectivity index (χ2v) is 7.36. The van der Waals surface area contributed by atoms with Gasteiger partial charge in [0.1, 0.15) is 11.0 Å². The van der Waals surface area contributed by atoms with Gasteiger partial charge in [0.25, 0.3) is 5.91 Å². The van der Waals surface area contributed by atoms with Crippen LogP contribution in [-0.4, -0.2) is 36.0 Å². The zero-order valence-electron chi connectivity index (χ0n) is 15.1. The molecule has 0 bridgehead atoms. The van der Waals surface area contributed by atoms with Gasteiger partial charge in [-0.1, -0.05) is 35.9 Å². The number of nitrogens with one attached hydrogen (secondary N) is 1. The molecule has 1 aliphatic rings. The van der Waals surface area contributed by atoms with Crippen LogP contribution in [0.4, 0.5) is 0 Å². The average molecular weight is 393 g/mol. The summed E-state index contributed by atoms with van der Waals surface area (Å²) in [6.45, 7) is 0.483. The van der Waals surface area contributed by atoms with Gasteiger partial charge >= 0.3 is 0 Å². The first-order chi connectivity index (χ1) is 13.6. The molecule has 0 spiro atoms. The van der Waals surface area contributed by atoms with Crippen LogP contribution in [0.5, 0.6) is 0 Å². The van der Waals surface area contributed by atoms with Crippen LogP contribution in [0.1, 0.15) is 33.2 Å². The van der Waals surface area contributed by atoms with Crippen LogP contribution in [0.3, 0.4) is 0 Å². The van der Waals surface area contributed by atoms with E-state index in [9.17, 15) is 4.79 Å².